The standard InChI is InChI=1S/C14H24O2/c1-13(2)7-4-8-14(3)9-11(16-10-15)5-6-12(13)14/h10-12H,4-9H2,1-3H3/t11?,12-,14+/m0/s1. The number of ether oxygens (including phenoxy) is 1. The first kappa shape index (κ1) is 11.9. The molecule has 0 aromatic carbocycles. The van der Waals surface area contributed by atoms with Gasteiger partial charge in [-0.1, -0.05) is 27.2 Å². The van der Waals surface area contributed by atoms with Crippen molar-refractivity contribution in [1.29, 1.82) is 0 Å². The average molecular weight is 224 g/mol. The van der Waals surface area contributed by atoms with Gasteiger partial charge in [-0.2, -0.15) is 0 Å². The third-order valence-electron chi connectivity index (χ3n) is 5.07. The Morgan fingerprint density at radius 3 is 2.62 bits per heavy atom. The Bertz CT molecular complexity index is 272. The van der Waals surface area contributed by atoms with Crippen molar-refractivity contribution in [2.24, 2.45) is 16.7 Å². The summed E-state index contributed by atoms with van der Waals surface area (Å²) in [5, 5.41) is 0. The molecule has 2 aliphatic carbocycles. The maximum atomic E-state index is 10.4. The molecule has 0 aromatic rings. The zero-order valence-electron chi connectivity index (χ0n) is 10.8. The van der Waals surface area contributed by atoms with Crippen molar-refractivity contribution in [1.82, 2.24) is 0 Å². The molecule has 2 saturated carbocycles. The molecular weight excluding hydrogens is 200 g/mol. The highest BCUT2D eigenvalue weighted by atomic mass is 16.5. The van der Waals surface area contributed by atoms with Crippen LogP contribution in [0.2, 0.25) is 0 Å². The van der Waals surface area contributed by atoms with Crippen molar-refractivity contribution in [2.45, 2.75) is 65.4 Å². The fraction of sp³-hybridized carbons (Fsp3) is 0.929. The van der Waals surface area contributed by atoms with Gasteiger partial charge >= 0.3 is 0 Å². The maximum Gasteiger partial charge on any atom is 0.293 e. The van der Waals surface area contributed by atoms with Gasteiger partial charge in [-0.05, 0) is 48.9 Å². The number of rotatable bonds is 2. The molecule has 0 radical (unpaired) electrons. The number of hydrogen-bond donors (Lipinski definition) is 0. The highest BCUT2D eigenvalue weighted by molar-refractivity contribution is 5.37. The summed E-state index contributed by atoms with van der Waals surface area (Å²) in [6, 6.07) is 0. The fourth-order valence-electron chi connectivity index (χ4n) is 4.39. The predicted octanol–water partition coefficient (Wildman–Crippen LogP) is 3.54. The maximum absolute atomic E-state index is 10.4. The molecule has 92 valence electrons. The van der Waals surface area contributed by atoms with Crippen LogP contribution in [0.5, 0.6) is 0 Å². The second-order valence-corrected chi connectivity index (χ2v) is 6.68. The topological polar surface area (TPSA) is 26.3 Å². The van der Waals surface area contributed by atoms with Crippen molar-refractivity contribution >= 4 is 6.47 Å². The summed E-state index contributed by atoms with van der Waals surface area (Å²) < 4.78 is 5.18. The van der Waals surface area contributed by atoms with Crippen LogP contribution in [0.25, 0.3) is 0 Å². The fourth-order valence-corrected chi connectivity index (χ4v) is 4.39. The molecule has 0 bridgehead atoms. The minimum absolute atomic E-state index is 0.174. The van der Waals surface area contributed by atoms with Crippen LogP contribution < -0.4 is 0 Å². The third-order valence-corrected chi connectivity index (χ3v) is 5.07. The van der Waals surface area contributed by atoms with E-state index in [4.69, 9.17) is 4.74 Å². The summed E-state index contributed by atoms with van der Waals surface area (Å²) in [4.78, 5) is 10.4. The molecule has 0 aromatic heterocycles. The van der Waals surface area contributed by atoms with Gasteiger partial charge in [0.05, 0.1) is 0 Å². The van der Waals surface area contributed by atoms with Crippen molar-refractivity contribution in [3.8, 4) is 0 Å². The summed E-state index contributed by atoms with van der Waals surface area (Å²) >= 11 is 0. The monoisotopic (exact) mass is 224 g/mol. The summed E-state index contributed by atoms with van der Waals surface area (Å²) in [5.41, 5.74) is 0.868. The minimum Gasteiger partial charge on any atom is -0.465 e. The van der Waals surface area contributed by atoms with E-state index >= 15 is 0 Å². The summed E-state index contributed by atoms with van der Waals surface area (Å²) in [7, 11) is 0. The number of carbonyl (C=O) groups is 1. The van der Waals surface area contributed by atoms with E-state index < -0.39 is 0 Å². The lowest BCUT2D eigenvalue weighted by molar-refractivity contribution is -0.143. The van der Waals surface area contributed by atoms with Gasteiger partial charge in [0.2, 0.25) is 0 Å². The highest BCUT2D eigenvalue weighted by Crippen LogP contribution is 2.57. The number of hydrogen-bond acceptors (Lipinski definition) is 2. The highest BCUT2D eigenvalue weighted by Gasteiger charge is 2.49. The van der Waals surface area contributed by atoms with Gasteiger partial charge in [-0.15, -0.1) is 0 Å². The van der Waals surface area contributed by atoms with Crippen LogP contribution in [-0.4, -0.2) is 12.6 Å². The van der Waals surface area contributed by atoms with Crippen LogP contribution >= 0.6 is 0 Å². The average Bonchev–Trinajstić information content (AvgIpc) is 2.16. The molecule has 0 spiro atoms. The lowest BCUT2D eigenvalue weighted by Gasteiger charge is -2.54. The molecule has 0 heterocycles. The van der Waals surface area contributed by atoms with E-state index in [1.165, 1.54) is 25.7 Å². The molecule has 3 atom stereocenters. The first-order valence-corrected chi connectivity index (χ1v) is 6.57. The van der Waals surface area contributed by atoms with Gasteiger partial charge in [0.15, 0.2) is 0 Å². The molecule has 0 aliphatic heterocycles. The summed E-state index contributed by atoms with van der Waals surface area (Å²) in [5.74, 6) is 0.806. The molecule has 2 fully saturated rings. The van der Waals surface area contributed by atoms with Crippen LogP contribution in [0.3, 0.4) is 0 Å². The number of fused-ring (bicyclic) bond motifs is 1. The van der Waals surface area contributed by atoms with E-state index in [0.29, 0.717) is 17.3 Å². The van der Waals surface area contributed by atoms with Gasteiger partial charge in [0.25, 0.3) is 6.47 Å². The lowest BCUT2D eigenvalue weighted by atomic mass is 9.51. The van der Waals surface area contributed by atoms with Crippen molar-refractivity contribution in [3.05, 3.63) is 0 Å². The SMILES string of the molecule is CC1(C)CCC[C@]2(C)CC(OC=O)CC[C@@H]12. The lowest BCUT2D eigenvalue weighted by Crippen LogP contribution is -2.47. The third kappa shape index (κ3) is 1.99. The zero-order chi connectivity index (χ0) is 11.8. The first-order chi connectivity index (χ1) is 7.48. The van der Waals surface area contributed by atoms with E-state index in [9.17, 15) is 4.79 Å². The molecule has 2 aliphatic rings. The Morgan fingerprint density at radius 2 is 1.94 bits per heavy atom. The molecule has 16 heavy (non-hydrogen) atoms. The first-order valence-electron chi connectivity index (χ1n) is 6.57. The van der Waals surface area contributed by atoms with Gasteiger partial charge in [-0.25, -0.2) is 0 Å². The molecule has 0 amide bonds. The van der Waals surface area contributed by atoms with Gasteiger partial charge in [-0.3, -0.25) is 4.79 Å². The Labute approximate surface area is 98.7 Å². The van der Waals surface area contributed by atoms with Crippen LogP contribution in [0.1, 0.15) is 59.3 Å². The van der Waals surface area contributed by atoms with Crippen molar-refractivity contribution in [3.63, 3.8) is 0 Å². The van der Waals surface area contributed by atoms with Crippen molar-refractivity contribution in [2.75, 3.05) is 0 Å². The zero-order valence-corrected chi connectivity index (χ0v) is 10.8. The molecule has 2 rings (SSSR count). The van der Waals surface area contributed by atoms with E-state index in [2.05, 4.69) is 20.8 Å². The normalized spacial score (nSPS) is 42.2. The molecule has 2 nitrogen and oxygen atoms in total. The van der Waals surface area contributed by atoms with E-state index in [1.807, 2.05) is 0 Å². The smallest absolute Gasteiger partial charge is 0.293 e. The van der Waals surface area contributed by atoms with E-state index in [0.717, 1.165) is 18.8 Å². The van der Waals surface area contributed by atoms with Gasteiger partial charge in [0, 0.05) is 0 Å². The predicted molar refractivity (Wildman–Crippen MR) is 64.0 cm³/mol. The number of carbonyl (C=O) groups excluding carboxylic acids is 1. The summed E-state index contributed by atoms with van der Waals surface area (Å²) in [6.45, 7) is 7.85. The largest absolute Gasteiger partial charge is 0.465 e. The molecule has 2 heteroatoms. The quantitative estimate of drug-likeness (QED) is 0.671. The van der Waals surface area contributed by atoms with E-state index in [-0.39, 0.29) is 6.10 Å². The Balaban J connectivity index is 2.13. The Hall–Kier alpha value is -0.530. The van der Waals surface area contributed by atoms with Gasteiger partial charge < -0.3 is 4.74 Å². The van der Waals surface area contributed by atoms with Crippen LogP contribution in [0, 0.1) is 16.7 Å². The Kier molecular flexibility index (Phi) is 3.02. The molecule has 0 N–H and O–H groups in total. The molecule has 0 saturated heterocycles. The van der Waals surface area contributed by atoms with E-state index in [1.54, 1.807) is 0 Å². The van der Waals surface area contributed by atoms with Crippen LogP contribution in [0.4, 0.5) is 0 Å². The van der Waals surface area contributed by atoms with Gasteiger partial charge in [0.1, 0.15) is 6.10 Å². The van der Waals surface area contributed by atoms with Crippen LogP contribution in [0.15, 0.2) is 0 Å². The second-order valence-electron chi connectivity index (χ2n) is 6.68. The minimum atomic E-state index is 0.174. The summed E-state index contributed by atoms with van der Waals surface area (Å²) in [6.07, 6.45) is 7.51. The Morgan fingerprint density at radius 1 is 1.19 bits per heavy atom. The molecular formula is C14H24O2. The van der Waals surface area contributed by atoms with Crippen molar-refractivity contribution < 1.29 is 9.53 Å². The second kappa shape index (κ2) is 4.05. The molecule has 1 unspecified atom stereocenters. The van der Waals surface area contributed by atoms with Crippen LogP contribution in [-0.2, 0) is 9.53 Å².